The molecule has 0 aromatic heterocycles. The fraction of sp³-hybridized carbons (Fsp3) is 0.294. The maximum atomic E-state index is 13.4. The van der Waals surface area contributed by atoms with Gasteiger partial charge < -0.3 is 19.0 Å². The third-order valence-electron chi connectivity index (χ3n) is 4.02. The van der Waals surface area contributed by atoms with Crippen LogP contribution in [0, 0.1) is 0 Å². The van der Waals surface area contributed by atoms with Gasteiger partial charge >= 0.3 is 6.29 Å². The van der Waals surface area contributed by atoms with E-state index in [0.29, 0.717) is 24.4 Å². The summed E-state index contributed by atoms with van der Waals surface area (Å²) in [5.74, 6) is 0.691. The molecule has 2 aliphatic heterocycles. The number of rotatable bonds is 2. The smallest absolute Gasteiger partial charge is 0.484 e. The van der Waals surface area contributed by atoms with Crippen molar-refractivity contribution >= 4 is 0 Å². The van der Waals surface area contributed by atoms with Crippen LogP contribution in [-0.2, 0) is 11.4 Å². The summed E-state index contributed by atoms with van der Waals surface area (Å²) in [6.07, 6.45) is -4.21. The lowest BCUT2D eigenvalue weighted by molar-refractivity contribution is -0.287. The summed E-state index contributed by atoms with van der Waals surface area (Å²) in [4.78, 5) is 5.37. The molecule has 0 saturated carbocycles. The van der Waals surface area contributed by atoms with Gasteiger partial charge in [0.2, 0.25) is 0 Å². The number of para-hydroxylation sites is 2. The number of hydrogen-bond donors (Lipinski definition) is 0. The number of ether oxygens (including phenoxy) is 3. The Hall–Kier alpha value is -2.38. The summed E-state index contributed by atoms with van der Waals surface area (Å²) in [5, 5.41) is 1.71. The topological polar surface area (TPSA) is 40.2 Å². The number of hydrogen-bond acceptors (Lipinski definition) is 5. The third kappa shape index (κ3) is 2.65. The van der Waals surface area contributed by atoms with Crippen molar-refractivity contribution in [2.45, 2.75) is 18.9 Å². The van der Waals surface area contributed by atoms with Crippen molar-refractivity contribution in [3.8, 4) is 17.2 Å². The van der Waals surface area contributed by atoms with Gasteiger partial charge in [-0.1, -0.05) is 30.3 Å². The Balaban J connectivity index is 1.74. The molecule has 0 amide bonds. The predicted octanol–water partition coefficient (Wildman–Crippen LogP) is 3.51. The minimum atomic E-state index is -3.66. The molecule has 0 radical (unpaired) electrons. The predicted molar refractivity (Wildman–Crippen MR) is 79.9 cm³/mol. The van der Waals surface area contributed by atoms with E-state index >= 15 is 0 Å². The first-order valence-corrected chi connectivity index (χ1v) is 7.48. The molecule has 0 saturated heterocycles. The Kier molecular flexibility index (Phi) is 3.54. The van der Waals surface area contributed by atoms with Crippen molar-refractivity contribution in [2.75, 3.05) is 13.7 Å². The van der Waals surface area contributed by atoms with Crippen molar-refractivity contribution in [3.05, 3.63) is 53.6 Å². The Morgan fingerprint density at radius 3 is 2.71 bits per heavy atom. The molecule has 2 heterocycles. The zero-order valence-corrected chi connectivity index (χ0v) is 12.9. The standard InChI is InChI=1S/C17H15F2NO4/c1-21-20-9-11-5-2-3-7-13(11)22-15(10-20)12-6-4-8-14-16(12)24-17(18,19)23-14/h2-8,15H,9-10H2,1H3. The summed E-state index contributed by atoms with van der Waals surface area (Å²) in [5.41, 5.74) is 1.44. The van der Waals surface area contributed by atoms with Crippen LogP contribution in [0.2, 0.25) is 0 Å². The van der Waals surface area contributed by atoms with Crippen molar-refractivity contribution in [1.82, 2.24) is 5.06 Å². The quantitative estimate of drug-likeness (QED) is 0.840. The van der Waals surface area contributed by atoms with Gasteiger partial charge in [0.25, 0.3) is 0 Å². The number of fused-ring (bicyclic) bond motifs is 2. The fourth-order valence-corrected chi connectivity index (χ4v) is 2.92. The molecule has 5 nitrogen and oxygen atoms in total. The summed E-state index contributed by atoms with van der Waals surface area (Å²) < 4.78 is 42.1. The molecular formula is C17H15F2NO4. The summed E-state index contributed by atoms with van der Waals surface area (Å²) in [7, 11) is 1.56. The molecule has 2 aliphatic rings. The normalized spacial score (nSPS) is 21.7. The van der Waals surface area contributed by atoms with Crippen LogP contribution in [0.4, 0.5) is 8.78 Å². The summed E-state index contributed by atoms with van der Waals surface area (Å²) in [6.45, 7) is 0.891. The van der Waals surface area contributed by atoms with E-state index in [1.165, 1.54) is 6.07 Å². The van der Waals surface area contributed by atoms with E-state index in [2.05, 4.69) is 9.47 Å². The minimum absolute atomic E-state index is 0.00241. The van der Waals surface area contributed by atoms with Crippen LogP contribution >= 0.6 is 0 Å². The molecule has 1 atom stereocenters. The van der Waals surface area contributed by atoms with E-state index in [-0.39, 0.29) is 11.5 Å². The zero-order valence-electron chi connectivity index (χ0n) is 12.9. The van der Waals surface area contributed by atoms with Gasteiger partial charge in [-0.15, -0.1) is 8.78 Å². The van der Waals surface area contributed by atoms with Crippen LogP contribution in [0.5, 0.6) is 17.2 Å². The number of nitrogens with zero attached hydrogens (tertiary/aromatic N) is 1. The van der Waals surface area contributed by atoms with Gasteiger partial charge in [-0.25, -0.2) is 0 Å². The van der Waals surface area contributed by atoms with Crippen LogP contribution in [0.15, 0.2) is 42.5 Å². The van der Waals surface area contributed by atoms with Gasteiger partial charge in [-0.2, -0.15) is 5.06 Å². The number of alkyl halides is 2. The summed E-state index contributed by atoms with van der Waals surface area (Å²) in [6, 6.07) is 12.3. The molecule has 126 valence electrons. The van der Waals surface area contributed by atoms with Crippen molar-refractivity contribution in [1.29, 1.82) is 0 Å². The Labute approximate surface area is 137 Å². The summed E-state index contributed by atoms with van der Waals surface area (Å²) >= 11 is 0. The highest BCUT2D eigenvalue weighted by Crippen LogP contribution is 2.46. The van der Waals surface area contributed by atoms with E-state index in [1.54, 1.807) is 24.3 Å². The maximum Gasteiger partial charge on any atom is 0.586 e. The van der Waals surface area contributed by atoms with E-state index < -0.39 is 12.4 Å². The van der Waals surface area contributed by atoms with Crippen molar-refractivity contribution in [2.24, 2.45) is 0 Å². The van der Waals surface area contributed by atoms with Gasteiger partial charge in [0.05, 0.1) is 20.2 Å². The van der Waals surface area contributed by atoms with Crippen molar-refractivity contribution < 1.29 is 27.8 Å². The molecule has 0 aliphatic carbocycles. The van der Waals surface area contributed by atoms with Gasteiger partial charge in [-0.05, 0) is 12.1 Å². The zero-order chi connectivity index (χ0) is 16.7. The van der Waals surface area contributed by atoms with Gasteiger partial charge in [0.15, 0.2) is 11.5 Å². The first kappa shape index (κ1) is 15.2. The number of hydroxylamine groups is 2. The second-order valence-electron chi connectivity index (χ2n) is 5.56. The van der Waals surface area contributed by atoms with Gasteiger partial charge in [0.1, 0.15) is 11.9 Å². The van der Waals surface area contributed by atoms with Crippen LogP contribution in [0.1, 0.15) is 17.2 Å². The molecule has 24 heavy (non-hydrogen) atoms. The number of benzene rings is 2. The Morgan fingerprint density at radius 1 is 1.08 bits per heavy atom. The first-order chi connectivity index (χ1) is 11.6. The lowest BCUT2D eigenvalue weighted by Gasteiger charge is -2.22. The lowest BCUT2D eigenvalue weighted by atomic mass is 10.1. The first-order valence-electron chi connectivity index (χ1n) is 7.48. The third-order valence-corrected chi connectivity index (χ3v) is 4.02. The Morgan fingerprint density at radius 2 is 1.88 bits per heavy atom. The van der Waals surface area contributed by atoms with Crippen molar-refractivity contribution in [3.63, 3.8) is 0 Å². The van der Waals surface area contributed by atoms with Gasteiger partial charge in [0, 0.05) is 11.1 Å². The highest BCUT2D eigenvalue weighted by atomic mass is 19.3. The lowest BCUT2D eigenvalue weighted by Crippen LogP contribution is -2.28. The molecule has 0 spiro atoms. The monoisotopic (exact) mass is 335 g/mol. The minimum Gasteiger partial charge on any atom is -0.484 e. The van der Waals surface area contributed by atoms with Crippen LogP contribution < -0.4 is 14.2 Å². The molecular weight excluding hydrogens is 320 g/mol. The highest BCUT2D eigenvalue weighted by molar-refractivity contribution is 5.50. The average molecular weight is 335 g/mol. The number of halogens is 2. The largest absolute Gasteiger partial charge is 0.586 e. The van der Waals surface area contributed by atoms with E-state index in [0.717, 1.165) is 5.56 Å². The highest BCUT2D eigenvalue weighted by Gasteiger charge is 2.45. The van der Waals surface area contributed by atoms with Crippen LogP contribution in [0.25, 0.3) is 0 Å². The molecule has 2 aromatic rings. The molecule has 0 bridgehead atoms. The molecule has 4 rings (SSSR count). The molecule has 7 heteroatoms. The second-order valence-corrected chi connectivity index (χ2v) is 5.56. The van der Waals surface area contributed by atoms with E-state index in [1.807, 2.05) is 24.3 Å². The average Bonchev–Trinajstić information content (AvgIpc) is 2.76. The Bertz CT molecular complexity index is 768. The maximum absolute atomic E-state index is 13.4. The van der Waals surface area contributed by atoms with Gasteiger partial charge in [-0.3, -0.25) is 0 Å². The van der Waals surface area contributed by atoms with E-state index in [9.17, 15) is 8.78 Å². The van der Waals surface area contributed by atoms with Crippen LogP contribution in [-0.4, -0.2) is 25.0 Å². The second kappa shape index (κ2) is 5.61. The van der Waals surface area contributed by atoms with E-state index in [4.69, 9.17) is 9.57 Å². The molecule has 2 aromatic carbocycles. The molecule has 1 unspecified atom stereocenters. The molecule has 0 fully saturated rings. The SMILES string of the molecule is CON1Cc2ccccc2OC(c2cccc3c2OC(F)(F)O3)C1. The fourth-order valence-electron chi connectivity index (χ4n) is 2.92. The van der Waals surface area contributed by atoms with Crippen LogP contribution in [0.3, 0.4) is 0 Å². The molecule has 0 N–H and O–H groups in total.